The Labute approximate surface area is 97.8 Å². The molecule has 0 saturated carbocycles. The Hall–Kier alpha value is -0.610. The van der Waals surface area contributed by atoms with E-state index in [1.165, 1.54) is 0 Å². The van der Waals surface area contributed by atoms with E-state index in [1.807, 2.05) is 13.8 Å². The molecule has 1 aliphatic heterocycles. The lowest BCUT2D eigenvalue weighted by Gasteiger charge is -2.49. The molecule has 0 aromatic heterocycles. The van der Waals surface area contributed by atoms with Crippen LogP contribution in [-0.4, -0.2) is 40.6 Å². The van der Waals surface area contributed by atoms with Crippen molar-refractivity contribution in [3.8, 4) is 0 Å². The summed E-state index contributed by atoms with van der Waals surface area (Å²) in [6.07, 6.45) is 2.78. The summed E-state index contributed by atoms with van der Waals surface area (Å²) < 4.78 is 0. The van der Waals surface area contributed by atoms with Crippen molar-refractivity contribution in [1.29, 1.82) is 0 Å². The fourth-order valence-corrected chi connectivity index (χ4v) is 1.92. The Morgan fingerprint density at radius 1 is 1.50 bits per heavy atom. The van der Waals surface area contributed by atoms with Gasteiger partial charge in [-0.05, 0) is 12.3 Å². The third kappa shape index (κ3) is 2.74. The van der Waals surface area contributed by atoms with Gasteiger partial charge in [0.25, 0.3) is 0 Å². The number of nitrogens with two attached hydrogens (primary N) is 1. The van der Waals surface area contributed by atoms with E-state index in [4.69, 9.17) is 5.73 Å². The summed E-state index contributed by atoms with van der Waals surface area (Å²) in [4.78, 5) is 13.5. The van der Waals surface area contributed by atoms with Gasteiger partial charge in [-0.1, -0.05) is 33.6 Å². The van der Waals surface area contributed by atoms with Gasteiger partial charge in [0.2, 0.25) is 5.91 Å². The molecule has 1 aliphatic rings. The van der Waals surface area contributed by atoms with E-state index in [-0.39, 0.29) is 11.8 Å². The van der Waals surface area contributed by atoms with Crippen LogP contribution in [0, 0.1) is 5.92 Å². The van der Waals surface area contributed by atoms with Gasteiger partial charge in [-0.25, -0.2) is 0 Å². The van der Waals surface area contributed by atoms with E-state index >= 15 is 0 Å². The van der Waals surface area contributed by atoms with E-state index in [0.29, 0.717) is 13.1 Å². The number of carbonyl (C=O) groups excluding carboxylic acids is 1. The van der Waals surface area contributed by atoms with Crippen LogP contribution in [0.25, 0.3) is 0 Å². The van der Waals surface area contributed by atoms with Gasteiger partial charge in [0.05, 0.1) is 19.1 Å². The fraction of sp³-hybridized carbons (Fsp3) is 0.917. The number of hydrogen-bond acceptors (Lipinski definition) is 3. The van der Waals surface area contributed by atoms with Gasteiger partial charge in [-0.3, -0.25) is 4.79 Å². The van der Waals surface area contributed by atoms with Crippen molar-refractivity contribution >= 4 is 5.91 Å². The van der Waals surface area contributed by atoms with Crippen molar-refractivity contribution in [2.24, 2.45) is 11.7 Å². The highest BCUT2D eigenvalue weighted by Crippen LogP contribution is 2.29. The molecule has 4 heteroatoms. The van der Waals surface area contributed by atoms with E-state index in [1.54, 1.807) is 4.90 Å². The first-order valence-corrected chi connectivity index (χ1v) is 6.17. The van der Waals surface area contributed by atoms with E-state index in [9.17, 15) is 9.90 Å². The van der Waals surface area contributed by atoms with Crippen molar-refractivity contribution in [1.82, 2.24) is 4.90 Å². The van der Waals surface area contributed by atoms with E-state index in [0.717, 1.165) is 19.3 Å². The number of aliphatic hydroxyl groups is 1. The first kappa shape index (κ1) is 13.5. The zero-order valence-electron chi connectivity index (χ0n) is 10.6. The predicted octanol–water partition coefficient (Wildman–Crippen LogP) is 0.733. The van der Waals surface area contributed by atoms with Crippen LogP contribution in [0.2, 0.25) is 0 Å². The van der Waals surface area contributed by atoms with Gasteiger partial charge in [0.15, 0.2) is 0 Å². The van der Waals surface area contributed by atoms with Gasteiger partial charge in [-0.15, -0.1) is 0 Å². The number of nitrogens with zero attached hydrogens (tertiary/aromatic N) is 1. The lowest BCUT2D eigenvalue weighted by molar-refractivity contribution is -0.165. The highest BCUT2D eigenvalue weighted by Gasteiger charge is 2.46. The Morgan fingerprint density at radius 2 is 2.06 bits per heavy atom. The van der Waals surface area contributed by atoms with Crippen molar-refractivity contribution in [3.05, 3.63) is 0 Å². The zero-order valence-corrected chi connectivity index (χ0v) is 10.6. The maximum atomic E-state index is 11.8. The Balaban J connectivity index is 2.36. The van der Waals surface area contributed by atoms with Crippen molar-refractivity contribution in [2.75, 3.05) is 13.1 Å². The average molecular weight is 228 g/mol. The smallest absolute Gasteiger partial charge is 0.239 e. The highest BCUT2D eigenvalue weighted by molar-refractivity contribution is 5.82. The molecule has 0 aliphatic carbocycles. The number of amides is 1. The molecular weight excluding hydrogens is 204 g/mol. The second-order valence-corrected chi connectivity index (χ2v) is 5.20. The number of hydrogen-bond donors (Lipinski definition) is 2. The van der Waals surface area contributed by atoms with E-state index in [2.05, 4.69) is 6.92 Å². The molecule has 0 spiro atoms. The highest BCUT2D eigenvalue weighted by atomic mass is 16.3. The molecular formula is C12H24N2O2. The molecule has 4 nitrogen and oxygen atoms in total. The molecule has 1 rings (SSSR count). The topological polar surface area (TPSA) is 66.6 Å². The summed E-state index contributed by atoms with van der Waals surface area (Å²) in [6, 6.07) is -0.392. The number of rotatable bonds is 5. The maximum absolute atomic E-state index is 11.8. The lowest BCUT2D eigenvalue weighted by Crippen LogP contribution is -2.68. The average Bonchev–Trinajstić information content (AvgIpc) is 2.19. The van der Waals surface area contributed by atoms with Crippen LogP contribution in [0.15, 0.2) is 0 Å². The molecule has 0 bridgehead atoms. The standard InChI is InChI=1S/C12H24N2O2/c1-4-5-6-10(13)11(15)14-7-12(16,8-14)9(2)3/h9-10,16H,4-8,13H2,1-3H3. The summed E-state index contributed by atoms with van der Waals surface area (Å²) in [5, 5.41) is 10.0. The zero-order chi connectivity index (χ0) is 12.3. The van der Waals surface area contributed by atoms with Crippen LogP contribution >= 0.6 is 0 Å². The van der Waals surface area contributed by atoms with E-state index < -0.39 is 11.6 Å². The van der Waals surface area contributed by atoms with Gasteiger partial charge >= 0.3 is 0 Å². The van der Waals surface area contributed by atoms with Crippen LogP contribution in [0.4, 0.5) is 0 Å². The molecule has 3 N–H and O–H groups in total. The van der Waals surface area contributed by atoms with Gasteiger partial charge in [0, 0.05) is 0 Å². The second kappa shape index (κ2) is 5.15. The lowest BCUT2D eigenvalue weighted by atomic mass is 9.82. The summed E-state index contributed by atoms with van der Waals surface area (Å²) in [6.45, 7) is 6.89. The summed E-state index contributed by atoms with van der Waals surface area (Å²) in [7, 11) is 0. The van der Waals surface area contributed by atoms with Crippen molar-refractivity contribution in [2.45, 2.75) is 51.7 Å². The first-order chi connectivity index (χ1) is 7.40. The minimum atomic E-state index is -0.694. The summed E-state index contributed by atoms with van der Waals surface area (Å²) in [5.74, 6) is 0.169. The van der Waals surface area contributed by atoms with Crippen LogP contribution < -0.4 is 5.73 Å². The molecule has 1 fully saturated rings. The van der Waals surface area contributed by atoms with Crippen LogP contribution in [0.5, 0.6) is 0 Å². The fourth-order valence-electron chi connectivity index (χ4n) is 1.92. The minimum absolute atomic E-state index is 0.0150. The van der Waals surface area contributed by atoms with Crippen LogP contribution in [0.3, 0.4) is 0 Å². The molecule has 1 amide bonds. The third-order valence-electron chi connectivity index (χ3n) is 3.50. The summed E-state index contributed by atoms with van der Waals surface area (Å²) in [5.41, 5.74) is 5.11. The molecule has 16 heavy (non-hydrogen) atoms. The predicted molar refractivity (Wildman–Crippen MR) is 63.9 cm³/mol. The number of likely N-dealkylation sites (tertiary alicyclic amines) is 1. The van der Waals surface area contributed by atoms with Gasteiger partial charge in [0.1, 0.15) is 5.60 Å². The number of β-amino-alcohol motifs (C(OH)–C–C–N with tert-alkyl or cyclic N) is 1. The maximum Gasteiger partial charge on any atom is 0.239 e. The molecule has 94 valence electrons. The molecule has 1 unspecified atom stereocenters. The molecule has 1 saturated heterocycles. The SMILES string of the molecule is CCCCC(N)C(=O)N1CC(O)(C(C)C)C1. The number of unbranched alkanes of at least 4 members (excludes halogenated alkanes) is 1. The second-order valence-electron chi connectivity index (χ2n) is 5.20. The van der Waals surface area contributed by atoms with Gasteiger partial charge in [-0.2, -0.15) is 0 Å². The Bertz CT molecular complexity index is 247. The number of carbonyl (C=O) groups is 1. The largest absolute Gasteiger partial charge is 0.386 e. The van der Waals surface area contributed by atoms with Crippen LogP contribution in [-0.2, 0) is 4.79 Å². The first-order valence-electron chi connectivity index (χ1n) is 6.17. The minimum Gasteiger partial charge on any atom is -0.386 e. The quantitative estimate of drug-likeness (QED) is 0.729. The molecule has 0 aromatic carbocycles. The van der Waals surface area contributed by atoms with Crippen molar-refractivity contribution in [3.63, 3.8) is 0 Å². The molecule has 0 aromatic rings. The molecule has 0 radical (unpaired) electrons. The third-order valence-corrected chi connectivity index (χ3v) is 3.50. The Kier molecular flexibility index (Phi) is 4.33. The Morgan fingerprint density at radius 3 is 2.50 bits per heavy atom. The van der Waals surface area contributed by atoms with Gasteiger partial charge < -0.3 is 15.7 Å². The van der Waals surface area contributed by atoms with Crippen LogP contribution in [0.1, 0.15) is 40.0 Å². The normalized spacial score (nSPS) is 20.8. The van der Waals surface area contributed by atoms with Crippen molar-refractivity contribution < 1.29 is 9.90 Å². The summed E-state index contributed by atoms with van der Waals surface area (Å²) >= 11 is 0. The molecule has 1 atom stereocenters. The monoisotopic (exact) mass is 228 g/mol. The molecule has 1 heterocycles.